The number of rotatable bonds is 5. The van der Waals surface area contributed by atoms with Crippen molar-refractivity contribution in [2.24, 2.45) is 11.7 Å². The Balaban J connectivity index is 2.88. The molecule has 1 amide bonds. The van der Waals surface area contributed by atoms with Gasteiger partial charge in [0.1, 0.15) is 6.54 Å². The molecule has 2 N–H and O–H groups in total. The zero-order chi connectivity index (χ0) is 15.3. The fraction of sp³-hybridized carbons (Fsp3) is 0.500. The van der Waals surface area contributed by atoms with Gasteiger partial charge in [0.05, 0.1) is 6.04 Å². The molecule has 0 spiro atoms. The number of amides is 1. The van der Waals surface area contributed by atoms with Gasteiger partial charge in [-0.1, -0.05) is 44.2 Å². The summed E-state index contributed by atoms with van der Waals surface area (Å²) in [6, 6.07) is 7.62. The van der Waals surface area contributed by atoms with Gasteiger partial charge in [0.25, 0.3) is 0 Å². The first kappa shape index (κ1) is 16.5. The third-order valence-electron chi connectivity index (χ3n) is 2.90. The molecule has 0 unspecified atom stereocenters. The minimum absolute atomic E-state index is 0.0976. The van der Waals surface area contributed by atoms with E-state index >= 15 is 0 Å². The molecular weight excluding hydrogens is 269 g/mol. The Hall–Kier alpha value is -1.56. The van der Waals surface area contributed by atoms with Crippen LogP contribution < -0.4 is 5.73 Å². The molecule has 0 saturated heterocycles. The van der Waals surface area contributed by atoms with Gasteiger partial charge in [-0.25, -0.2) is 0 Å². The van der Waals surface area contributed by atoms with Crippen LogP contribution in [-0.4, -0.2) is 29.6 Å². The highest BCUT2D eigenvalue weighted by molar-refractivity contribution is 5.82. The summed E-state index contributed by atoms with van der Waals surface area (Å²) >= 11 is 0. The van der Waals surface area contributed by atoms with E-state index in [0.717, 1.165) is 4.90 Å². The monoisotopic (exact) mass is 288 g/mol. The molecule has 112 valence electrons. The van der Waals surface area contributed by atoms with Crippen LogP contribution in [0.2, 0.25) is 0 Å². The molecule has 0 aliphatic heterocycles. The minimum Gasteiger partial charge on any atom is -0.328 e. The summed E-state index contributed by atoms with van der Waals surface area (Å²) in [7, 11) is 0. The fourth-order valence-electron chi connectivity index (χ4n) is 1.73. The van der Waals surface area contributed by atoms with Gasteiger partial charge >= 0.3 is 6.18 Å². The van der Waals surface area contributed by atoms with Gasteiger partial charge in [0.2, 0.25) is 5.91 Å². The maximum Gasteiger partial charge on any atom is 0.406 e. The highest BCUT2D eigenvalue weighted by Gasteiger charge is 2.35. The Morgan fingerprint density at radius 3 is 2.25 bits per heavy atom. The first-order chi connectivity index (χ1) is 9.20. The molecule has 0 fully saturated rings. The molecule has 1 rings (SSSR count). The third-order valence-corrected chi connectivity index (χ3v) is 2.90. The molecule has 0 aromatic heterocycles. The van der Waals surface area contributed by atoms with Crippen molar-refractivity contribution in [2.45, 2.75) is 32.6 Å². The Labute approximate surface area is 116 Å². The molecule has 0 bridgehead atoms. The predicted octanol–water partition coefficient (Wildman–Crippen LogP) is 2.56. The van der Waals surface area contributed by atoms with Crippen LogP contribution in [0.5, 0.6) is 0 Å². The summed E-state index contributed by atoms with van der Waals surface area (Å²) in [5, 5.41) is 0. The number of hydrogen-bond acceptors (Lipinski definition) is 2. The standard InChI is InChI=1S/C14H19F3N2O/c1-10(2)12(18)13(20)19(9-14(15,16)17)8-11-6-4-3-5-7-11/h3-7,10,12H,8-9,18H2,1-2H3/t12-/m0/s1. The molecule has 1 aromatic rings. The van der Waals surface area contributed by atoms with E-state index in [9.17, 15) is 18.0 Å². The summed E-state index contributed by atoms with van der Waals surface area (Å²) in [5.74, 6) is -0.893. The van der Waals surface area contributed by atoms with Crippen molar-refractivity contribution in [3.63, 3.8) is 0 Å². The lowest BCUT2D eigenvalue weighted by Gasteiger charge is -2.28. The lowest BCUT2D eigenvalue weighted by atomic mass is 10.0. The smallest absolute Gasteiger partial charge is 0.328 e. The summed E-state index contributed by atoms with van der Waals surface area (Å²) < 4.78 is 37.8. The summed E-state index contributed by atoms with van der Waals surface area (Å²) in [4.78, 5) is 12.8. The van der Waals surface area contributed by atoms with E-state index in [2.05, 4.69) is 0 Å². The SMILES string of the molecule is CC(C)[C@H](N)C(=O)N(Cc1ccccc1)CC(F)(F)F. The average molecular weight is 288 g/mol. The number of carbonyl (C=O) groups excluding carboxylic acids is 1. The van der Waals surface area contributed by atoms with E-state index in [4.69, 9.17) is 5.73 Å². The Bertz CT molecular complexity index is 432. The van der Waals surface area contributed by atoms with E-state index < -0.39 is 24.7 Å². The molecular formula is C14H19F3N2O. The van der Waals surface area contributed by atoms with Crippen LogP contribution in [0.3, 0.4) is 0 Å². The first-order valence-corrected chi connectivity index (χ1v) is 6.35. The molecule has 3 nitrogen and oxygen atoms in total. The number of benzene rings is 1. The van der Waals surface area contributed by atoms with Crippen molar-refractivity contribution in [1.29, 1.82) is 0 Å². The first-order valence-electron chi connectivity index (χ1n) is 6.35. The maximum atomic E-state index is 12.6. The van der Waals surface area contributed by atoms with Gasteiger partial charge in [0, 0.05) is 6.54 Å². The highest BCUT2D eigenvalue weighted by Crippen LogP contribution is 2.19. The van der Waals surface area contributed by atoms with Gasteiger partial charge in [-0.05, 0) is 11.5 Å². The van der Waals surface area contributed by atoms with Crippen molar-refractivity contribution in [2.75, 3.05) is 6.54 Å². The average Bonchev–Trinajstić information content (AvgIpc) is 2.35. The zero-order valence-corrected chi connectivity index (χ0v) is 11.5. The normalized spacial score (nSPS) is 13.3. The minimum atomic E-state index is -4.44. The molecule has 1 aromatic carbocycles. The summed E-state index contributed by atoms with van der Waals surface area (Å²) in [5.41, 5.74) is 6.31. The Kier molecular flexibility index (Phi) is 5.56. The van der Waals surface area contributed by atoms with Crippen molar-refractivity contribution in [3.05, 3.63) is 35.9 Å². The summed E-state index contributed by atoms with van der Waals surface area (Å²) in [6.45, 7) is 2.02. The van der Waals surface area contributed by atoms with Crippen molar-refractivity contribution >= 4 is 5.91 Å². The van der Waals surface area contributed by atoms with Gasteiger partial charge in [-0.3, -0.25) is 4.79 Å². The van der Waals surface area contributed by atoms with Gasteiger partial charge < -0.3 is 10.6 Å². The van der Waals surface area contributed by atoms with Crippen LogP contribution >= 0.6 is 0 Å². The van der Waals surface area contributed by atoms with Gasteiger partial charge in [0.15, 0.2) is 0 Å². The second kappa shape index (κ2) is 6.74. The molecule has 1 atom stereocenters. The Morgan fingerprint density at radius 1 is 1.25 bits per heavy atom. The third kappa shape index (κ3) is 5.21. The van der Waals surface area contributed by atoms with E-state index in [0.29, 0.717) is 5.56 Å². The van der Waals surface area contributed by atoms with Crippen molar-refractivity contribution < 1.29 is 18.0 Å². The number of carbonyl (C=O) groups is 1. The molecule has 0 aliphatic carbocycles. The molecule has 6 heteroatoms. The molecule has 0 radical (unpaired) electrons. The van der Waals surface area contributed by atoms with Gasteiger partial charge in [-0.2, -0.15) is 13.2 Å². The molecule has 0 saturated carbocycles. The highest BCUT2D eigenvalue weighted by atomic mass is 19.4. The van der Waals surface area contributed by atoms with Gasteiger partial charge in [-0.15, -0.1) is 0 Å². The second-order valence-electron chi connectivity index (χ2n) is 5.06. The largest absolute Gasteiger partial charge is 0.406 e. The quantitative estimate of drug-likeness (QED) is 0.905. The van der Waals surface area contributed by atoms with Crippen LogP contribution in [0.15, 0.2) is 30.3 Å². The van der Waals surface area contributed by atoms with E-state index in [1.165, 1.54) is 0 Å². The van der Waals surface area contributed by atoms with Crippen LogP contribution in [-0.2, 0) is 11.3 Å². The van der Waals surface area contributed by atoms with E-state index in [-0.39, 0.29) is 12.5 Å². The lowest BCUT2D eigenvalue weighted by Crippen LogP contribution is -2.49. The molecule has 0 aliphatic rings. The van der Waals surface area contributed by atoms with Crippen molar-refractivity contribution in [3.8, 4) is 0 Å². The number of nitrogens with two attached hydrogens (primary N) is 1. The topological polar surface area (TPSA) is 46.3 Å². The van der Waals surface area contributed by atoms with E-state index in [1.54, 1.807) is 44.2 Å². The van der Waals surface area contributed by atoms with Crippen molar-refractivity contribution in [1.82, 2.24) is 4.90 Å². The maximum absolute atomic E-state index is 12.6. The number of nitrogens with zero attached hydrogens (tertiary/aromatic N) is 1. The van der Waals surface area contributed by atoms with Crippen LogP contribution in [0.4, 0.5) is 13.2 Å². The van der Waals surface area contributed by atoms with Crippen LogP contribution in [0.25, 0.3) is 0 Å². The Morgan fingerprint density at radius 2 is 1.80 bits per heavy atom. The number of hydrogen-bond donors (Lipinski definition) is 1. The van der Waals surface area contributed by atoms with Crippen LogP contribution in [0, 0.1) is 5.92 Å². The zero-order valence-electron chi connectivity index (χ0n) is 11.5. The molecule has 20 heavy (non-hydrogen) atoms. The fourth-order valence-corrected chi connectivity index (χ4v) is 1.73. The predicted molar refractivity (Wildman–Crippen MR) is 70.7 cm³/mol. The number of halogens is 3. The molecule has 0 heterocycles. The van der Waals surface area contributed by atoms with E-state index in [1.807, 2.05) is 0 Å². The van der Waals surface area contributed by atoms with Crippen LogP contribution in [0.1, 0.15) is 19.4 Å². The summed E-state index contributed by atoms with van der Waals surface area (Å²) in [6.07, 6.45) is -4.44. The second-order valence-corrected chi connectivity index (χ2v) is 5.06. The number of alkyl halides is 3. The lowest BCUT2D eigenvalue weighted by molar-refractivity contribution is -0.163.